The second-order valence-electron chi connectivity index (χ2n) is 12.3. The van der Waals surface area contributed by atoms with Gasteiger partial charge in [-0.2, -0.15) is 0 Å². The Bertz CT molecular complexity index is 1170. The zero-order valence-electron chi connectivity index (χ0n) is 28.6. The van der Waals surface area contributed by atoms with Gasteiger partial charge in [-0.3, -0.25) is 24.0 Å². The number of primary amides is 1. The highest BCUT2D eigenvalue weighted by Crippen LogP contribution is 2.34. The molecule has 5 N–H and O–H groups in total. The summed E-state index contributed by atoms with van der Waals surface area (Å²) < 4.78 is 0. The largest absolute Gasteiger partial charge is 0.363 e. The summed E-state index contributed by atoms with van der Waals surface area (Å²) in [4.78, 5) is 78.5. The fraction of sp³-hybridized carbons (Fsp3) is 0.647. The number of carbonyl (C=O) groups is 6. The number of nitrogens with two attached hydrogens (primary N) is 1. The monoisotopic (exact) mass is 629 g/mol. The van der Waals surface area contributed by atoms with Crippen molar-refractivity contribution >= 4 is 35.3 Å². The molecule has 252 valence electrons. The Morgan fingerprint density at radius 2 is 1.47 bits per heavy atom. The highest BCUT2D eigenvalue weighted by molar-refractivity contribution is 6.37. The van der Waals surface area contributed by atoms with Gasteiger partial charge in [-0.05, 0) is 43.9 Å². The van der Waals surface area contributed by atoms with Crippen molar-refractivity contribution in [1.82, 2.24) is 20.9 Å². The van der Waals surface area contributed by atoms with E-state index in [1.54, 1.807) is 39.8 Å². The lowest BCUT2D eigenvalue weighted by Gasteiger charge is -2.36. The Labute approximate surface area is 268 Å². The van der Waals surface area contributed by atoms with E-state index < -0.39 is 59.1 Å². The van der Waals surface area contributed by atoms with Crippen molar-refractivity contribution in [1.29, 1.82) is 0 Å². The molecule has 1 aliphatic carbocycles. The molecule has 0 radical (unpaired) electrons. The zero-order valence-corrected chi connectivity index (χ0v) is 28.6. The fourth-order valence-electron chi connectivity index (χ4n) is 5.08. The van der Waals surface area contributed by atoms with E-state index >= 15 is 0 Å². The van der Waals surface area contributed by atoms with E-state index in [2.05, 4.69) is 16.0 Å². The lowest BCUT2D eigenvalue weighted by atomic mass is 9.85. The van der Waals surface area contributed by atoms with Crippen LogP contribution in [0.1, 0.15) is 110 Å². The van der Waals surface area contributed by atoms with E-state index in [1.165, 1.54) is 4.90 Å². The number of likely N-dealkylation sites (tertiary alicyclic amines) is 1. The van der Waals surface area contributed by atoms with Crippen LogP contribution in [0.25, 0.3) is 0 Å². The summed E-state index contributed by atoms with van der Waals surface area (Å²) in [6.07, 6.45) is 3.47. The highest BCUT2D eigenvalue weighted by Gasteiger charge is 2.43. The Morgan fingerprint density at radius 3 is 1.96 bits per heavy atom. The highest BCUT2D eigenvalue weighted by atomic mass is 16.2. The minimum absolute atomic E-state index is 0.233. The van der Waals surface area contributed by atoms with Gasteiger partial charge in [-0.1, -0.05) is 98.1 Å². The number of aryl methyl sites for hydroxylation is 1. The van der Waals surface area contributed by atoms with Crippen LogP contribution in [0, 0.1) is 18.3 Å². The van der Waals surface area contributed by atoms with E-state index in [-0.39, 0.29) is 11.7 Å². The van der Waals surface area contributed by atoms with Crippen LogP contribution in [-0.4, -0.2) is 70.9 Å². The number of carbonyl (C=O) groups excluding carboxylic acids is 6. The van der Waals surface area contributed by atoms with Crippen molar-refractivity contribution in [3.8, 4) is 0 Å². The van der Waals surface area contributed by atoms with Gasteiger partial charge in [0.2, 0.25) is 17.6 Å². The summed E-state index contributed by atoms with van der Waals surface area (Å²) in [5, 5.41) is 8.10. The minimum atomic E-state index is -1.11. The number of hydrogen-bond donors (Lipinski definition) is 4. The fourth-order valence-corrected chi connectivity index (χ4v) is 5.08. The normalized spacial score (nSPS) is 17.6. The molecule has 3 rings (SSSR count). The van der Waals surface area contributed by atoms with Crippen LogP contribution in [0.3, 0.4) is 0 Å². The molecule has 11 heteroatoms. The number of benzene rings is 1. The van der Waals surface area contributed by atoms with E-state index in [0.717, 1.165) is 18.4 Å². The lowest BCUT2D eigenvalue weighted by Crippen LogP contribution is -2.60. The van der Waals surface area contributed by atoms with Gasteiger partial charge in [0, 0.05) is 12.1 Å². The summed E-state index contributed by atoms with van der Waals surface area (Å²) in [6.45, 7) is 17.4. The van der Waals surface area contributed by atoms with Crippen molar-refractivity contribution in [3.63, 3.8) is 0 Å². The first kappa shape index (κ1) is 39.3. The van der Waals surface area contributed by atoms with Crippen LogP contribution in [0.5, 0.6) is 0 Å². The lowest BCUT2D eigenvalue weighted by molar-refractivity contribution is -0.143. The van der Waals surface area contributed by atoms with Crippen molar-refractivity contribution < 1.29 is 28.8 Å². The number of urea groups is 1. The zero-order chi connectivity index (χ0) is 34.5. The first-order chi connectivity index (χ1) is 21.2. The molecule has 5 amide bonds. The molecule has 1 saturated heterocycles. The number of amides is 5. The Balaban J connectivity index is 0.00000243. The average molecular weight is 630 g/mol. The first-order valence-corrected chi connectivity index (χ1v) is 16.3. The third-order valence-corrected chi connectivity index (χ3v) is 7.73. The molecular weight excluding hydrogens is 574 g/mol. The molecule has 0 aromatic heterocycles. The van der Waals surface area contributed by atoms with Crippen molar-refractivity contribution in [3.05, 3.63) is 35.4 Å². The molecular formula is C34H55N5O6. The number of nitrogens with zero attached hydrogens (tertiary/aromatic N) is 1. The summed E-state index contributed by atoms with van der Waals surface area (Å²) in [7, 11) is 0. The van der Waals surface area contributed by atoms with Gasteiger partial charge in [0.15, 0.2) is 5.78 Å². The third kappa shape index (κ3) is 11.6. The summed E-state index contributed by atoms with van der Waals surface area (Å²) >= 11 is 0. The van der Waals surface area contributed by atoms with Crippen molar-refractivity contribution in [2.24, 2.45) is 17.1 Å². The predicted octanol–water partition coefficient (Wildman–Crippen LogP) is 4.05. The van der Waals surface area contributed by atoms with E-state index in [1.807, 2.05) is 46.8 Å². The molecule has 1 heterocycles. The summed E-state index contributed by atoms with van der Waals surface area (Å²) in [5.41, 5.74) is 5.97. The minimum Gasteiger partial charge on any atom is -0.363 e. The van der Waals surface area contributed by atoms with Gasteiger partial charge in [0.25, 0.3) is 5.91 Å². The molecule has 11 nitrogen and oxygen atoms in total. The standard InChI is InChI=1S/C30H43N5O6.2C2H6/c1-6-20(23(36)19-13-9-17(2)10-14-19)33-29(41)34-25(30(3,4)5)28(40)35-15-7-8-22(35)27(39)32-21(16-18-11-12-18)24(37)26(31)38;2*1-2/h9-10,13-14,18,20-22,25H,6-8,11-12,15-16H2,1-5H3,(H2,31,38)(H,32,39)(H2,33,34,41);2*1-2H3/t20?,21?,22-,25?;;/m0../s1. The maximum atomic E-state index is 13.8. The van der Waals surface area contributed by atoms with Gasteiger partial charge in [-0.25, -0.2) is 4.79 Å². The molecule has 0 spiro atoms. The van der Waals surface area contributed by atoms with Crippen LogP contribution in [0.2, 0.25) is 0 Å². The summed E-state index contributed by atoms with van der Waals surface area (Å²) in [6, 6.07) is 2.75. The van der Waals surface area contributed by atoms with Gasteiger partial charge in [0.05, 0.1) is 12.1 Å². The molecule has 2 aliphatic rings. The molecule has 1 aromatic rings. The number of ketones is 2. The molecule has 1 aromatic carbocycles. The van der Waals surface area contributed by atoms with Gasteiger partial charge in [-0.15, -0.1) is 0 Å². The van der Waals surface area contributed by atoms with Crippen LogP contribution >= 0.6 is 0 Å². The Morgan fingerprint density at radius 1 is 0.889 bits per heavy atom. The smallest absolute Gasteiger partial charge is 0.316 e. The molecule has 2 fully saturated rings. The third-order valence-electron chi connectivity index (χ3n) is 7.73. The second-order valence-corrected chi connectivity index (χ2v) is 12.3. The molecule has 1 saturated carbocycles. The van der Waals surface area contributed by atoms with Gasteiger partial charge < -0.3 is 26.6 Å². The van der Waals surface area contributed by atoms with Crippen LogP contribution in [0.4, 0.5) is 4.79 Å². The number of rotatable bonds is 12. The topological polar surface area (TPSA) is 168 Å². The van der Waals surface area contributed by atoms with E-state index in [9.17, 15) is 28.8 Å². The number of Topliss-reactive ketones (excluding diaryl/α,β-unsaturated/α-hetero) is 2. The van der Waals surface area contributed by atoms with E-state index in [0.29, 0.717) is 37.8 Å². The van der Waals surface area contributed by atoms with Gasteiger partial charge >= 0.3 is 6.03 Å². The molecule has 3 unspecified atom stereocenters. The maximum Gasteiger partial charge on any atom is 0.316 e. The first-order valence-electron chi connectivity index (χ1n) is 16.3. The van der Waals surface area contributed by atoms with Crippen LogP contribution in [-0.2, 0) is 19.2 Å². The molecule has 1 aliphatic heterocycles. The Kier molecular flexibility index (Phi) is 15.9. The van der Waals surface area contributed by atoms with Crippen molar-refractivity contribution in [2.45, 2.75) is 125 Å². The average Bonchev–Trinajstić information content (AvgIpc) is 3.69. The molecule has 45 heavy (non-hydrogen) atoms. The van der Waals surface area contributed by atoms with E-state index in [4.69, 9.17) is 5.73 Å². The van der Waals surface area contributed by atoms with Crippen LogP contribution in [0.15, 0.2) is 24.3 Å². The Hall–Kier alpha value is -3.76. The number of hydrogen-bond acceptors (Lipinski definition) is 6. The van der Waals surface area contributed by atoms with Crippen LogP contribution < -0.4 is 21.7 Å². The molecule has 4 atom stereocenters. The predicted molar refractivity (Wildman–Crippen MR) is 175 cm³/mol. The SMILES string of the molecule is CC.CC.CCC(NC(=O)NC(C(=O)N1CCC[C@H]1C(=O)NC(CC1CC1)C(=O)C(N)=O)C(C)(C)C)C(=O)c1ccc(C)cc1. The van der Waals surface area contributed by atoms with Crippen molar-refractivity contribution in [2.75, 3.05) is 6.54 Å². The number of nitrogens with one attached hydrogen (secondary N) is 3. The van der Waals surface area contributed by atoms with Gasteiger partial charge in [0.1, 0.15) is 12.1 Å². The summed E-state index contributed by atoms with van der Waals surface area (Å²) in [5.74, 6) is -2.90. The maximum absolute atomic E-state index is 13.8. The quantitative estimate of drug-likeness (QED) is 0.201. The second kappa shape index (κ2) is 18.3. The molecule has 0 bridgehead atoms.